The molecule has 1 N–H and O–H groups in total. The van der Waals surface area contributed by atoms with Crippen LogP contribution in [0, 0.1) is 0 Å². The molecule has 2 rings (SSSR count). The lowest BCUT2D eigenvalue weighted by Crippen LogP contribution is -2.18. The monoisotopic (exact) mass is 362 g/mol. The fraction of sp³-hybridized carbons (Fsp3) is 0.0714. The van der Waals surface area contributed by atoms with Crippen molar-refractivity contribution in [1.29, 1.82) is 0 Å². The minimum atomic E-state index is -4.48. The molecule has 0 bridgehead atoms. The average Bonchev–Trinajstić information content (AvgIpc) is 2.47. The summed E-state index contributed by atoms with van der Waals surface area (Å²) in [7, 11) is -3.91. The van der Waals surface area contributed by atoms with Crippen LogP contribution in [0.3, 0.4) is 0 Å². The van der Waals surface area contributed by atoms with E-state index in [1.165, 1.54) is 36.4 Å². The standard InChI is InChI=1S/C14H10ClF3N2O2S/c15-12-4-6-13(7-5-12)23(21,22)20-19-9-10-2-1-3-11(8-10)14(16,17)18/h1-9,20H/b19-9+. The van der Waals surface area contributed by atoms with E-state index in [1.807, 2.05) is 4.83 Å². The van der Waals surface area contributed by atoms with Crippen molar-refractivity contribution in [1.82, 2.24) is 4.83 Å². The zero-order valence-corrected chi connectivity index (χ0v) is 13.0. The van der Waals surface area contributed by atoms with Crippen LogP contribution in [0.4, 0.5) is 13.2 Å². The Bertz CT molecular complexity index is 819. The van der Waals surface area contributed by atoms with E-state index in [2.05, 4.69) is 5.10 Å². The number of alkyl halides is 3. The van der Waals surface area contributed by atoms with E-state index in [-0.39, 0.29) is 10.5 Å². The molecule has 0 amide bonds. The molecule has 0 aromatic heterocycles. The van der Waals surface area contributed by atoms with Crippen LogP contribution in [-0.4, -0.2) is 14.6 Å². The second-order valence-electron chi connectivity index (χ2n) is 4.43. The lowest BCUT2D eigenvalue weighted by molar-refractivity contribution is -0.137. The topological polar surface area (TPSA) is 58.5 Å². The van der Waals surface area contributed by atoms with E-state index >= 15 is 0 Å². The highest BCUT2D eigenvalue weighted by Gasteiger charge is 2.30. The summed E-state index contributed by atoms with van der Waals surface area (Å²) in [5, 5.41) is 3.84. The van der Waals surface area contributed by atoms with Crippen molar-refractivity contribution in [3.63, 3.8) is 0 Å². The Balaban J connectivity index is 2.14. The minimum absolute atomic E-state index is 0.0666. The number of hydrazone groups is 1. The van der Waals surface area contributed by atoms with Crippen LogP contribution < -0.4 is 4.83 Å². The van der Waals surface area contributed by atoms with Gasteiger partial charge in [-0.1, -0.05) is 23.7 Å². The number of nitrogens with zero attached hydrogens (tertiary/aromatic N) is 1. The van der Waals surface area contributed by atoms with Crippen LogP contribution in [0.2, 0.25) is 5.02 Å². The Morgan fingerprint density at radius 1 is 1.09 bits per heavy atom. The summed E-state index contributed by atoms with van der Waals surface area (Å²) in [6.07, 6.45) is -3.49. The first-order valence-electron chi connectivity index (χ1n) is 6.16. The highest BCUT2D eigenvalue weighted by atomic mass is 35.5. The molecule has 122 valence electrons. The van der Waals surface area contributed by atoms with Crippen LogP contribution in [-0.2, 0) is 16.2 Å². The van der Waals surface area contributed by atoms with Crippen molar-refractivity contribution in [2.24, 2.45) is 5.10 Å². The number of hydrogen-bond acceptors (Lipinski definition) is 3. The van der Waals surface area contributed by atoms with Gasteiger partial charge in [-0.15, -0.1) is 0 Å². The van der Waals surface area contributed by atoms with E-state index in [0.717, 1.165) is 18.3 Å². The molecule has 0 unspecified atom stereocenters. The fourth-order valence-corrected chi connectivity index (χ4v) is 2.55. The number of rotatable bonds is 4. The maximum atomic E-state index is 12.6. The molecule has 0 aliphatic rings. The van der Waals surface area contributed by atoms with Crippen molar-refractivity contribution >= 4 is 27.8 Å². The smallest absolute Gasteiger partial charge is 0.200 e. The van der Waals surface area contributed by atoms with E-state index in [0.29, 0.717) is 5.02 Å². The quantitative estimate of drug-likeness (QED) is 0.666. The third-order valence-corrected chi connectivity index (χ3v) is 4.21. The third kappa shape index (κ3) is 4.70. The minimum Gasteiger partial charge on any atom is -0.200 e. The third-order valence-electron chi connectivity index (χ3n) is 2.72. The van der Waals surface area contributed by atoms with Crippen LogP contribution in [0.25, 0.3) is 0 Å². The SMILES string of the molecule is O=S(=O)(N/N=C/c1cccc(C(F)(F)F)c1)c1ccc(Cl)cc1. The maximum Gasteiger partial charge on any atom is 0.416 e. The fourth-order valence-electron chi connectivity index (χ4n) is 1.63. The summed E-state index contributed by atoms with van der Waals surface area (Å²) in [5.41, 5.74) is -0.736. The molecule has 23 heavy (non-hydrogen) atoms. The Morgan fingerprint density at radius 3 is 2.35 bits per heavy atom. The Labute approximate surface area is 135 Å². The summed E-state index contributed by atoms with van der Waals surface area (Å²) in [6.45, 7) is 0. The first-order valence-corrected chi connectivity index (χ1v) is 8.02. The molecule has 0 saturated carbocycles. The van der Waals surface area contributed by atoms with E-state index in [9.17, 15) is 21.6 Å². The lowest BCUT2D eigenvalue weighted by atomic mass is 10.1. The van der Waals surface area contributed by atoms with Crippen molar-refractivity contribution in [3.8, 4) is 0 Å². The molecular formula is C14H10ClF3N2O2S. The molecule has 2 aromatic rings. The highest BCUT2D eigenvalue weighted by Crippen LogP contribution is 2.29. The van der Waals surface area contributed by atoms with Crippen LogP contribution >= 0.6 is 11.6 Å². The van der Waals surface area contributed by atoms with Gasteiger partial charge < -0.3 is 0 Å². The largest absolute Gasteiger partial charge is 0.416 e. The summed E-state index contributed by atoms with van der Waals surface area (Å²) < 4.78 is 61.5. The molecule has 0 heterocycles. The van der Waals surface area contributed by atoms with Crippen molar-refractivity contribution in [2.75, 3.05) is 0 Å². The summed E-state index contributed by atoms with van der Waals surface area (Å²) in [6, 6.07) is 9.71. The summed E-state index contributed by atoms with van der Waals surface area (Å²) in [4.78, 5) is 1.85. The molecule has 0 spiro atoms. The number of hydrogen-bond donors (Lipinski definition) is 1. The van der Waals surface area contributed by atoms with Gasteiger partial charge >= 0.3 is 6.18 Å². The first-order chi connectivity index (χ1) is 10.7. The van der Waals surface area contributed by atoms with Gasteiger partial charge in [-0.2, -0.15) is 26.7 Å². The Morgan fingerprint density at radius 2 is 1.74 bits per heavy atom. The molecule has 0 atom stereocenters. The maximum absolute atomic E-state index is 12.6. The van der Waals surface area contributed by atoms with Gasteiger partial charge in [0.15, 0.2) is 0 Å². The second-order valence-corrected chi connectivity index (χ2v) is 6.53. The molecule has 0 radical (unpaired) electrons. The Hall–Kier alpha value is -2.06. The predicted molar refractivity (Wildman–Crippen MR) is 80.8 cm³/mol. The summed E-state index contributed by atoms with van der Waals surface area (Å²) in [5.74, 6) is 0. The van der Waals surface area contributed by atoms with Crippen molar-refractivity contribution < 1.29 is 21.6 Å². The second kappa shape index (κ2) is 6.59. The highest BCUT2D eigenvalue weighted by molar-refractivity contribution is 7.89. The normalized spacial score (nSPS) is 12.5. The number of nitrogens with one attached hydrogen (secondary N) is 1. The molecule has 0 saturated heterocycles. The molecule has 9 heteroatoms. The predicted octanol–water partition coefficient (Wildman–Crippen LogP) is 3.67. The van der Waals surface area contributed by atoms with Crippen molar-refractivity contribution in [3.05, 3.63) is 64.7 Å². The van der Waals surface area contributed by atoms with Gasteiger partial charge in [-0.25, -0.2) is 4.83 Å². The summed E-state index contributed by atoms with van der Waals surface area (Å²) >= 11 is 5.66. The first kappa shape index (κ1) is 17.3. The van der Waals surface area contributed by atoms with E-state index in [1.54, 1.807) is 0 Å². The average molecular weight is 363 g/mol. The molecule has 2 aromatic carbocycles. The molecule has 0 fully saturated rings. The number of halogens is 4. The van der Waals surface area contributed by atoms with Gasteiger partial charge in [0.25, 0.3) is 10.0 Å². The zero-order chi connectivity index (χ0) is 17.1. The van der Waals surface area contributed by atoms with E-state index < -0.39 is 21.8 Å². The van der Waals surface area contributed by atoms with Gasteiger partial charge in [-0.3, -0.25) is 0 Å². The van der Waals surface area contributed by atoms with Gasteiger partial charge in [0, 0.05) is 5.02 Å². The van der Waals surface area contributed by atoms with Crippen LogP contribution in [0.5, 0.6) is 0 Å². The van der Waals surface area contributed by atoms with Gasteiger partial charge in [-0.05, 0) is 42.0 Å². The van der Waals surface area contributed by atoms with Crippen molar-refractivity contribution in [2.45, 2.75) is 11.1 Å². The molecule has 0 aliphatic heterocycles. The lowest BCUT2D eigenvalue weighted by Gasteiger charge is -2.06. The number of benzene rings is 2. The van der Waals surface area contributed by atoms with Crippen LogP contribution in [0.15, 0.2) is 58.5 Å². The van der Waals surface area contributed by atoms with E-state index in [4.69, 9.17) is 11.6 Å². The molecule has 0 aliphatic carbocycles. The van der Waals surface area contributed by atoms with Crippen LogP contribution in [0.1, 0.15) is 11.1 Å². The Kier molecular flexibility index (Phi) is 4.96. The van der Waals surface area contributed by atoms with Gasteiger partial charge in [0.1, 0.15) is 0 Å². The zero-order valence-electron chi connectivity index (χ0n) is 11.4. The van der Waals surface area contributed by atoms with Gasteiger partial charge in [0.2, 0.25) is 0 Å². The number of sulfonamides is 1. The molecule has 4 nitrogen and oxygen atoms in total. The molecular weight excluding hydrogens is 353 g/mol. The van der Waals surface area contributed by atoms with Gasteiger partial charge in [0.05, 0.1) is 16.7 Å².